The summed E-state index contributed by atoms with van der Waals surface area (Å²) in [6.07, 6.45) is 0. The lowest BCUT2D eigenvalue weighted by atomic mass is 9.97. The van der Waals surface area contributed by atoms with Gasteiger partial charge in [-0.2, -0.15) is 0 Å². The summed E-state index contributed by atoms with van der Waals surface area (Å²) in [4.78, 5) is 0. The molecule has 0 radical (unpaired) electrons. The van der Waals surface area contributed by atoms with E-state index in [0.717, 1.165) is 11.3 Å². The average molecular weight is 264 g/mol. The molecule has 1 heteroatoms. The fourth-order valence-corrected chi connectivity index (χ4v) is 1.64. The van der Waals surface area contributed by atoms with E-state index in [9.17, 15) is 0 Å². The van der Waals surface area contributed by atoms with Gasteiger partial charge in [-0.1, -0.05) is 42.2 Å². The van der Waals surface area contributed by atoms with Crippen LogP contribution in [-0.4, -0.2) is 0 Å². The van der Waals surface area contributed by atoms with Crippen LogP contribution < -0.4 is 4.74 Å². The highest BCUT2D eigenvalue weighted by Crippen LogP contribution is 2.15. The van der Waals surface area contributed by atoms with Crippen LogP contribution in [0.1, 0.15) is 31.9 Å². The molecule has 0 aliphatic rings. The molecular formula is C19H20O. The third-order valence-corrected chi connectivity index (χ3v) is 2.68. The second-order valence-corrected chi connectivity index (χ2v) is 5.80. The van der Waals surface area contributed by atoms with Gasteiger partial charge >= 0.3 is 0 Å². The quantitative estimate of drug-likeness (QED) is 0.732. The molecule has 2 aromatic carbocycles. The zero-order chi connectivity index (χ0) is 14.4. The summed E-state index contributed by atoms with van der Waals surface area (Å²) in [6, 6.07) is 18.1. The van der Waals surface area contributed by atoms with Crippen molar-refractivity contribution < 1.29 is 4.74 Å². The topological polar surface area (TPSA) is 9.23 Å². The molecule has 20 heavy (non-hydrogen) atoms. The summed E-state index contributed by atoms with van der Waals surface area (Å²) in [5.74, 6) is 7.28. The Hall–Kier alpha value is -2.20. The maximum Gasteiger partial charge on any atom is 0.119 e. The molecule has 0 saturated carbocycles. The van der Waals surface area contributed by atoms with E-state index in [0.29, 0.717) is 6.61 Å². The zero-order valence-electron chi connectivity index (χ0n) is 12.3. The van der Waals surface area contributed by atoms with Crippen molar-refractivity contribution in [2.24, 2.45) is 5.41 Å². The van der Waals surface area contributed by atoms with E-state index in [1.54, 1.807) is 0 Å². The van der Waals surface area contributed by atoms with Crippen molar-refractivity contribution in [3.05, 3.63) is 65.7 Å². The van der Waals surface area contributed by atoms with Gasteiger partial charge in [0.15, 0.2) is 0 Å². The van der Waals surface area contributed by atoms with Gasteiger partial charge in [0.1, 0.15) is 12.4 Å². The standard InChI is InChI=1S/C19H20O/c1-19(2,3)14-13-16-9-11-18(12-10-16)20-15-17-7-5-4-6-8-17/h4-12H,15H2,1-3H3. The fraction of sp³-hybridized carbons (Fsp3) is 0.263. The van der Waals surface area contributed by atoms with E-state index >= 15 is 0 Å². The van der Waals surface area contributed by atoms with Gasteiger partial charge in [0, 0.05) is 11.0 Å². The molecule has 0 aromatic heterocycles. The van der Waals surface area contributed by atoms with Crippen molar-refractivity contribution in [2.75, 3.05) is 0 Å². The van der Waals surface area contributed by atoms with Crippen molar-refractivity contribution >= 4 is 0 Å². The molecule has 0 aliphatic heterocycles. The molecule has 0 N–H and O–H groups in total. The minimum absolute atomic E-state index is 0.0302. The Balaban J connectivity index is 1.96. The second-order valence-electron chi connectivity index (χ2n) is 5.80. The lowest BCUT2D eigenvalue weighted by molar-refractivity contribution is 0.306. The van der Waals surface area contributed by atoms with Crippen LogP contribution in [0.25, 0.3) is 0 Å². The van der Waals surface area contributed by atoms with E-state index in [2.05, 4.69) is 44.7 Å². The molecule has 0 saturated heterocycles. The molecule has 102 valence electrons. The molecule has 0 aliphatic carbocycles. The van der Waals surface area contributed by atoms with Crippen LogP contribution in [0.4, 0.5) is 0 Å². The summed E-state index contributed by atoms with van der Waals surface area (Å²) >= 11 is 0. The predicted octanol–water partition coefficient (Wildman–Crippen LogP) is 4.66. The lowest BCUT2D eigenvalue weighted by Crippen LogP contribution is -1.99. The van der Waals surface area contributed by atoms with E-state index in [4.69, 9.17) is 4.74 Å². The van der Waals surface area contributed by atoms with Crippen LogP contribution >= 0.6 is 0 Å². The normalized spacial score (nSPS) is 10.6. The van der Waals surface area contributed by atoms with Crippen molar-refractivity contribution in [2.45, 2.75) is 27.4 Å². The Labute approximate surface area is 121 Å². The van der Waals surface area contributed by atoms with Crippen LogP contribution in [-0.2, 0) is 6.61 Å². The van der Waals surface area contributed by atoms with Gasteiger partial charge in [-0.25, -0.2) is 0 Å². The van der Waals surface area contributed by atoms with Crippen molar-refractivity contribution in [1.82, 2.24) is 0 Å². The van der Waals surface area contributed by atoms with Crippen molar-refractivity contribution in [1.29, 1.82) is 0 Å². The highest BCUT2D eigenvalue weighted by atomic mass is 16.5. The predicted molar refractivity (Wildman–Crippen MR) is 83.5 cm³/mol. The first-order valence-electron chi connectivity index (χ1n) is 6.83. The molecule has 2 rings (SSSR count). The van der Waals surface area contributed by atoms with Crippen LogP contribution in [0.5, 0.6) is 5.75 Å². The number of ether oxygens (including phenoxy) is 1. The summed E-state index contributed by atoms with van der Waals surface area (Å²) in [5, 5.41) is 0. The highest BCUT2D eigenvalue weighted by molar-refractivity contribution is 5.39. The Bertz CT molecular complexity index is 592. The first-order valence-corrected chi connectivity index (χ1v) is 6.83. The molecule has 0 amide bonds. The van der Waals surface area contributed by atoms with Gasteiger partial charge in [0.25, 0.3) is 0 Å². The largest absolute Gasteiger partial charge is 0.489 e. The molecular weight excluding hydrogens is 244 g/mol. The van der Waals surface area contributed by atoms with E-state index < -0.39 is 0 Å². The molecule has 1 nitrogen and oxygen atoms in total. The first-order chi connectivity index (χ1) is 9.53. The van der Waals surface area contributed by atoms with Gasteiger partial charge in [-0.05, 0) is 50.6 Å². The van der Waals surface area contributed by atoms with E-state index in [1.165, 1.54) is 5.56 Å². The summed E-state index contributed by atoms with van der Waals surface area (Å²) in [6.45, 7) is 6.92. The second kappa shape index (κ2) is 6.30. The van der Waals surface area contributed by atoms with Crippen molar-refractivity contribution in [3.8, 4) is 17.6 Å². The van der Waals surface area contributed by atoms with Gasteiger partial charge in [0.05, 0.1) is 0 Å². The fourth-order valence-electron chi connectivity index (χ4n) is 1.64. The molecule has 0 bridgehead atoms. The van der Waals surface area contributed by atoms with Gasteiger partial charge in [-0.15, -0.1) is 0 Å². The van der Waals surface area contributed by atoms with Crippen LogP contribution in [0.2, 0.25) is 0 Å². The number of hydrogen-bond acceptors (Lipinski definition) is 1. The van der Waals surface area contributed by atoms with E-state index in [1.807, 2.05) is 42.5 Å². The average Bonchev–Trinajstić information content (AvgIpc) is 2.44. The molecule has 0 fully saturated rings. The minimum atomic E-state index is 0.0302. The van der Waals surface area contributed by atoms with Crippen LogP contribution in [0.15, 0.2) is 54.6 Å². The SMILES string of the molecule is CC(C)(C)C#Cc1ccc(OCc2ccccc2)cc1. The molecule has 2 aromatic rings. The van der Waals surface area contributed by atoms with Gasteiger partial charge in [0.2, 0.25) is 0 Å². The molecule has 0 unspecified atom stereocenters. The van der Waals surface area contributed by atoms with E-state index in [-0.39, 0.29) is 5.41 Å². The smallest absolute Gasteiger partial charge is 0.119 e. The Morgan fingerprint density at radius 2 is 1.55 bits per heavy atom. The zero-order valence-corrected chi connectivity index (χ0v) is 12.3. The number of hydrogen-bond donors (Lipinski definition) is 0. The number of benzene rings is 2. The van der Waals surface area contributed by atoms with Gasteiger partial charge < -0.3 is 4.74 Å². The Morgan fingerprint density at radius 3 is 2.15 bits per heavy atom. The third-order valence-electron chi connectivity index (χ3n) is 2.68. The molecule has 0 atom stereocenters. The van der Waals surface area contributed by atoms with Crippen LogP contribution in [0, 0.1) is 17.3 Å². The summed E-state index contributed by atoms with van der Waals surface area (Å²) in [7, 11) is 0. The maximum absolute atomic E-state index is 5.74. The minimum Gasteiger partial charge on any atom is -0.489 e. The summed E-state index contributed by atoms with van der Waals surface area (Å²) in [5.41, 5.74) is 2.22. The monoisotopic (exact) mass is 264 g/mol. The Morgan fingerprint density at radius 1 is 0.900 bits per heavy atom. The maximum atomic E-state index is 5.74. The Kier molecular flexibility index (Phi) is 4.48. The highest BCUT2D eigenvalue weighted by Gasteiger charge is 2.03. The van der Waals surface area contributed by atoms with Gasteiger partial charge in [-0.3, -0.25) is 0 Å². The number of rotatable bonds is 3. The lowest BCUT2D eigenvalue weighted by Gasteiger charge is -2.07. The third kappa shape index (κ3) is 4.82. The van der Waals surface area contributed by atoms with Crippen LogP contribution in [0.3, 0.4) is 0 Å². The van der Waals surface area contributed by atoms with Crippen molar-refractivity contribution in [3.63, 3.8) is 0 Å². The first kappa shape index (κ1) is 14.2. The molecule has 0 heterocycles. The molecule has 0 spiro atoms. The summed E-state index contributed by atoms with van der Waals surface area (Å²) < 4.78 is 5.74.